The zero-order chi connectivity index (χ0) is 21.8. The summed E-state index contributed by atoms with van der Waals surface area (Å²) in [6.07, 6.45) is 7.24. The van der Waals surface area contributed by atoms with Crippen LogP contribution in [0, 0.1) is 17.8 Å². The van der Waals surface area contributed by atoms with Gasteiger partial charge in [-0.1, -0.05) is 29.5 Å². The first-order valence-corrected chi connectivity index (χ1v) is 13.7. The summed E-state index contributed by atoms with van der Waals surface area (Å²) >= 11 is 3.26. The number of thiazole rings is 1. The molecule has 2 aliphatic heterocycles. The van der Waals surface area contributed by atoms with Crippen LogP contribution in [0.25, 0.3) is 0 Å². The number of piperidine rings is 1. The van der Waals surface area contributed by atoms with Crippen molar-refractivity contribution in [2.24, 2.45) is 17.8 Å². The molecule has 32 heavy (non-hydrogen) atoms. The fourth-order valence-electron chi connectivity index (χ4n) is 6.74. The molecular formula is C25H30N2O3S2. The quantitative estimate of drug-likeness (QED) is 0.656. The molecule has 2 saturated carbocycles. The highest BCUT2D eigenvalue weighted by Gasteiger charge is 2.55. The van der Waals surface area contributed by atoms with Crippen molar-refractivity contribution in [3.8, 4) is 5.75 Å². The van der Waals surface area contributed by atoms with Gasteiger partial charge in [-0.2, -0.15) is 0 Å². The highest BCUT2D eigenvalue weighted by atomic mass is 32.2. The van der Waals surface area contributed by atoms with E-state index < -0.39 is 0 Å². The third kappa shape index (κ3) is 3.26. The van der Waals surface area contributed by atoms with E-state index in [0.29, 0.717) is 11.2 Å². The Morgan fingerprint density at radius 1 is 1.12 bits per heavy atom. The Hall–Kier alpha value is -1.73. The number of benzene rings is 1. The van der Waals surface area contributed by atoms with Gasteiger partial charge >= 0.3 is 4.87 Å². The van der Waals surface area contributed by atoms with E-state index >= 15 is 0 Å². The maximum absolute atomic E-state index is 13.2. The molecule has 170 valence electrons. The number of amides is 1. The molecule has 2 aliphatic carbocycles. The minimum Gasteiger partial charge on any atom is -0.496 e. The Morgan fingerprint density at radius 2 is 1.91 bits per heavy atom. The van der Waals surface area contributed by atoms with Crippen LogP contribution in [0.2, 0.25) is 0 Å². The monoisotopic (exact) mass is 470 g/mol. The smallest absolute Gasteiger partial charge is 0.308 e. The van der Waals surface area contributed by atoms with E-state index in [1.54, 1.807) is 11.7 Å². The zero-order valence-corrected chi connectivity index (χ0v) is 20.1. The molecular weight excluding hydrogens is 440 g/mol. The fourth-order valence-corrected chi connectivity index (χ4v) is 9.88. The molecule has 4 aliphatic rings. The first-order chi connectivity index (χ1) is 15.7. The molecule has 1 aromatic heterocycles. The number of likely N-dealkylation sites (tertiary alicyclic amines) is 1. The summed E-state index contributed by atoms with van der Waals surface area (Å²) in [5.74, 6) is 3.19. The predicted octanol–water partition coefficient (Wildman–Crippen LogP) is 4.58. The van der Waals surface area contributed by atoms with Gasteiger partial charge in [0.15, 0.2) is 0 Å². The SMILES string of the molecule is COc1ccccc1[C@@H]1c2sc(=O)n(CC(=O)N3CCCCC3)c2S[C@@H]2[C@H]3CC[C@@H](C3)[C@@H]12. The second-order valence-electron chi connectivity index (χ2n) is 9.78. The highest BCUT2D eigenvalue weighted by molar-refractivity contribution is 8.00. The molecule has 6 rings (SSSR count). The molecule has 0 spiro atoms. The Bertz CT molecular complexity index is 1090. The van der Waals surface area contributed by atoms with E-state index in [4.69, 9.17) is 4.74 Å². The lowest BCUT2D eigenvalue weighted by Crippen LogP contribution is -2.39. The highest BCUT2D eigenvalue weighted by Crippen LogP contribution is 2.64. The molecule has 7 heteroatoms. The van der Waals surface area contributed by atoms with Crippen molar-refractivity contribution < 1.29 is 9.53 Å². The minimum absolute atomic E-state index is 0.0140. The number of methoxy groups -OCH3 is 1. The van der Waals surface area contributed by atoms with Gasteiger partial charge in [0.25, 0.3) is 0 Å². The van der Waals surface area contributed by atoms with Gasteiger partial charge in [0, 0.05) is 34.7 Å². The van der Waals surface area contributed by atoms with E-state index in [2.05, 4.69) is 12.1 Å². The lowest BCUT2D eigenvalue weighted by Gasteiger charge is -2.41. The van der Waals surface area contributed by atoms with Crippen molar-refractivity contribution in [2.45, 2.75) is 61.3 Å². The van der Waals surface area contributed by atoms with Crippen molar-refractivity contribution in [2.75, 3.05) is 20.2 Å². The second kappa shape index (κ2) is 8.24. The summed E-state index contributed by atoms with van der Waals surface area (Å²) in [7, 11) is 1.74. The molecule has 0 unspecified atom stereocenters. The van der Waals surface area contributed by atoms with Crippen LogP contribution in [0.15, 0.2) is 34.1 Å². The van der Waals surface area contributed by atoms with Crippen LogP contribution in [0.4, 0.5) is 0 Å². The molecule has 5 nitrogen and oxygen atoms in total. The zero-order valence-electron chi connectivity index (χ0n) is 18.5. The summed E-state index contributed by atoms with van der Waals surface area (Å²) in [4.78, 5) is 29.4. The fraction of sp³-hybridized carbons (Fsp3) is 0.600. The Balaban J connectivity index is 1.42. The van der Waals surface area contributed by atoms with Crippen LogP contribution in [0.5, 0.6) is 5.75 Å². The number of fused-ring (bicyclic) bond motifs is 6. The standard InChI is InChI=1S/C25H30N2O3S2/c1-30-18-8-4-3-7-17(18)21-20-15-9-10-16(13-15)22(20)31-24-23(21)32-25(29)27(24)14-19(28)26-11-5-2-6-12-26/h3-4,7-8,15-16,20-22H,2,5-6,9-14H2,1H3/t15-,16-,20-,21-,22+/m0/s1. The van der Waals surface area contributed by atoms with Gasteiger partial charge in [0.2, 0.25) is 5.91 Å². The maximum atomic E-state index is 13.2. The first-order valence-electron chi connectivity index (χ1n) is 12.0. The molecule has 1 amide bonds. The van der Waals surface area contributed by atoms with Gasteiger partial charge in [0.05, 0.1) is 12.1 Å². The molecule has 0 radical (unpaired) electrons. The van der Waals surface area contributed by atoms with Crippen LogP contribution < -0.4 is 9.61 Å². The van der Waals surface area contributed by atoms with Crippen LogP contribution >= 0.6 is 23.1 Å². The third-order valence-corrected chi connectivity index (χ3v) is 11.0. The van der Waals surface area contributed by atoms with Crippen LogP contribution in [0.3, 0.4) is 0 Å². The number of carbonyl (C=O) groups is 1. The average molecular weight is 471 g/mol. The number of nitrogens with zero attached hydrogens (tertiary/aromatic N) is 2. The van der Waals surface area contributed by atoms with Gasteiger partial charge in [-0.3, -0.25) is 14.2 Å². The van der Waals surface area contributed by atoms with Crippen molar-refractivity contribution >= 4 is 29.0 Å². The van der Waals surface area contributed by atoms with Crippen molar-refractivity contribution in [1.82, 2.24) is 9.47 Å². The number of aromatic nitrogens is 1. The van der Waals surface area contributed by atoms with E-state index in [1.807, 2.05) is 28.8 Å². The molecule has 2 bridgehead atoms. The van der Waals surface area contributed by atoms with Gasteiger partial charge in [-0.05, 0) is 62.3 Å². The normalized spacial score (nSPS) is 30.8. The van der Waals surface area contributed by atoms with E-state index in [9.17, 15) is 9.59 Å². The van der Waals surface area contributed by atoms with Crippen LogP contribution in [-0.2, 0) is 11.3 Å². The number of ether oxygens (including phenoxy) is 1. The van der Waals surface area contributed by atoms with Crippen LogP contribution in [0.1, 0.15) is 54.9 Å². The molecule has 5 atom stereocenters. The van der Waals surface area contributed by atoms with Crippen molar-refractivity contribution in [3.63, 3.8) is 0 Å². The number of hydrogen-bond donors (Lipinski definition) is 0. The van der Waals surface area contributed by atoms with Crippen molar-refractivity contribution in [1.29, 1.82) is 0 Å². The van der Waals surface area contributed by atoms with Crippen LogP contribution in [-0.4, -0.2) is 40.8 Å². The number of rotatable bonds is 4. The first kappa shape index (κ1) is 20.8. The Kier molecular flexibility index (Phi) is 5.37. The Morgan fingerprint density at radius 3 is 2.72 bits per heavy atom. The average Bonchev–Trinajstić information content (AvgIpc) is 3.52. The number of carbonyl (C=O) groups excluding carboxylic acids is 1. The predicted molar refractivity (Wildman–Crippen MR) is 128 cm³/mol. The van der Waals surface area contributed by atoms with Crippen molar-refractivity contribution in [3.05, 3.63) is 44.4 Å². The van der Waals surface area contributed by atoms with Gasteiger partial charge < -0.3 is 9.64 Å². The third-order valence-electron chi connectivity index (χ3n) is 8.17. The van der Waals surface area contributed by atoms with E-state index in [-0.39, 0.29) is 23.2 Å². The minimum atomic E-state index is 0.0140. The largest absolute Gasteiger partial charge is 0.496 e. The summed E-state index contributed by atoms with van der Waals surface area (Å²) in [5, 5.41) is 1.58. The molecule has 2 aromatic rings. The lowest BCUT2D eigenvalue weighted by atomic mass is 9.74. The molecule has 3 fully saturated rings. The van der Waals surface area contributed by atoms with Gasteiger partial charge in [0.1, 0.15) is 12.3 Å². The van der Waals surface area contributed by atoms with Gasteiger partial charge in [-0.25, -0.2) is 0 Å². The summed E-state index contributed by atoms with van der Waals surface area (Å²) in [6, 6.07) is 8.32. The van der Waals surface area contributed by atoms with Gasteiger partial charge in [-0.15, -0.1) is 11.8 Å². The summed E-state index contributed by atoms with van der Waals surface area (Å²) < 4.78 is 7.57. The summed E-state index contributed by atoms with van der Waals surface area (Å²) in [6.45, 7) is 1.83. The number of hydrogen-bond acceptors (Lipinski definition) is 5. The van der Waals surface area contributed by atoms with E-state index in [0.717, 1.165) is 53.4 Å². The second-order valence-corrected chi connectivity index (χ2v) is 11.9. The topological polar surface area (TPSA) is 51.5 Å². The molecule has 3 heterocycles. The maximum Gasteiger partial charge on any atom is 0.308 e. The molecule has 1 saturated heterocycles. The number of thioether (sulfide) groups is 1. The number of para-hydroxylation sites is 1. The molecule has 0 N–H and O–H groups in total. The Labute approximate surface area is 197 Å². The van der Waals surface area contributed by atoms with E-state index in [1.165, 1.54) is 42.6 Å². The molecule has 1 aromatic carbocycles. The lowest BCUT2D eigenvalue weighted by molar-refractivity contribution is -0.132. The summed E-state index contributed by atoms with van der Waals surface area (Å²) in [5.41, 5.74) is 1.20.